The first-order valence-corrected chi connectivity index (χ1v) is 9.54. The third-order valence-corrected chi connectivity index (χ3v) is 5.35. The normalized spacial score (nSPS) is 26.0. The second kappa shape index (κ2) is 11.1. The molecule has 2 aliphatic heterocycles. The number of piperidine rings is 1. The number of likely N-dealkylation sites (tertiary alicyclic amines) is 1. The number of aliphatic hydroxyl groups excluding tert-OH is 1. The van der Waals surface area contributed by atoms with Crippen molar-refractivity contribution in [2.45, 2.75) is 56.8 Å². The molecule has 2 rings (SSSR count). The van der Waals surface area contributed by atoms with Crippen molar-refractivity contribution >= 4 is 24.2 Å². The smallest absolute Gasteiger partial charge is 0.290 e. The minimum atomic E-state index is -0.857. The SMILES string of the molecule is CC(=O)NCCC(=O)N[C@]1(C)CCOC2(CCN(CC(N)=O)CC2)[C@H]1O.O=CO. The average Bonchev–Trinajstić information content (AvgIpc) is 2.61. The van der Waals surface area contributed by atoms with Crippen LogP contribution in [-0.2, 0) is 23.9 Å². The molecule has 3 amide bonds. The molecule has 11 nitrogen and oxygen atoms in total. The van der Waals surface area contributed by atoms with Crippen molar-refractivity contribution in [3.63, 3.8) is 0 Å². The van der Waals surface area contributed by atoms with E-state index < -0.39 is 17.2 Å². The quantitative estimate of drug-likeness (QED) is 0.315. The third-order valence-electron chi connectivity index (χ3n) is 5.35. The van der Waals surface area contributed by atoms with Gasteiger partial charge in [0, 0.05) is 39.6 Å². The van der Waals surface area contributed by atoms with Crippen LogP contribution in [0.5, 0.6) is 0 Å². The van der Waals surface area contributed by atoms with Gasteiger partial charge in [-0.15, -0.1) is 0 Å². The molecule has 0 saturated carbocycles. The second-order valence-electron chi connectivity index (χ2n) is 7.61. The lowest BCUT2D eigenvalue weighted by Crippen LogP contribution is -2.69. The fourth-order valence-corrected chi connectivity index (χ4v) is 3.85. The Bertz CT molecular complexity index is 593. The molecule has 0 aromatic carbocycles. The molecule has 11 heteroatoms. The molecule has 2 saturated heterocycles. The summed E-state index contributed by atoms with van der Waals surface area (Å²) in [5, 5.41) is 23.4. The number of carbonyl (C=O) groups is 4. The van der Waals surface area contributed by atoms with Crippen LogP contribution in [0.15, 0.2) is 0 Å². The molecule has 29 heavy (non-hydrogen) atoms. The van der Waals surface area contributed by atoms with Crippen molar-refractivity contribution in [1.82, 2.24) is 15.5 Å². The number of aliphatic hydroxyl groups is 1. The molecule has 0 aromatic rings. The van der Waals surface area contributed by atoms with Crippen molar-refractivity contribution in [2.24, 2.45) is 5.73 Å². The van der Waals surface area contributed by atoms with E-state index in [1.807, 2.05) is 11.8 Å². The van der Waals surface area contributed by atoms with Crippen LogP contribution >= 0.6 is 0 Å². The van der Waals surface area contributed by atoms with Crippen LogP contribution in [0.1, 0.15) is 39.5 Å². The zero-order valence-electron chi connectivity index (χ0n) is 17.0. The number of nitrogens with two attached hydrogens (primary N) is 1. The summed E-state index contributed by atoms with van der Waals surface area (Å²) in [6, 6.07) is 0. The van der Waals surface area contributed by atoms with Crippen LogP contribution in [-0.4, -0.2) is 89.3 Å². The van der Waals surface area contributed by atoms with E-state index in [4.69, 9.17) is 20.4 Å². The van der Waals surface area contributed by atoms with Crippen LogP contribution in [0.3, 0.4) is 0 Å². The van der Waals surface area contributed by atoms with E-state index in [0.717, 1.165) is 0 Å². The Morgan fingerprint density at radius 3 is 2.38 bits per heavy atom. The first-order valence-electron chi connectivity index (χ1n) is 9.54. The van der Waals surface area contributed by atoms with Gasteiger partial charge in [0.2, 0.25) is 17.7 Å². The van der Waals surface area contributed by atoms with E-state index in [0.29, 0.717) is 39.0 Å². The van der Waals surface area contributed by atoms with E-state index in [-0.39, 0.29) is 43.7 Å². The molecule has 0 aliphatic carbocycles. The van der Waals surface area contributed by atoms with Gasteiger partial charge in [-0.05, 0) is 26.2 Å². The van der Waals surface area contributed by atoms with E-state index in [1.165, 1.54) is 6.92 Å². The van der Waals surface area contributed by atoms with Crippen LogP contribution in [0.4, 0.5) is 0 Å². The summed E-state index contributed by atoms with van der Waals surface area (Å²) in [6.07, 6.45) is 0.941. The minimum Gasteiger partial charge on any atom is -0.483 e. The number of amides is 3. The van der Waals surface area contributed by atoms with Crippen molar-refractivity contribution in [1.29, 1.82) is 0 Å². The van der Waals surface area contributed by atoms with Gasteiger partial charge in [0.25, 0.3) is 6.47 Å². The van der Waals surface area contributed by atoms with Gasteiger partial charge in [0.05, 0.1) is 17.7 Å². The number of carbonyl (C=O) groups excluding carboxylic acids is 3. The van der Waals surface area contributed by atoms with E-state index in [1.54, 1.807) is 0 Å². The molecule has 0 aromatic heterocycles. The predicted molar refractivity (Wildman–Crippen MR) is 103 cm³/mol. The van der Waals surface area contributed by atoms with Gasteiger partial charge in [0.1, 0.15) is 6.10 Å². The van der Waals surface area contributed by atoms with Gasteiger partial charge < -0.3 is 31.3 Å². The first kappa shape index (κ1) is 24.8. The lowest BCUT2D eigenvalue weighted by molar-refractivity contribution is -0.207. The summed E-state index contributed by atoms with van der Waals surface area (Å²) < 4.78 is 5.96. The standard InChI is InChI=1S/C17H30N4O5.CH2O2/c1-12(22)19-7-3-14(24)20-16(2)6-10-26-17(15(16)25)4-8-21(9-5-17)11-13(18)23;2-1-3/h15,25H,3-11H2,1-2H3,(H2,18,23)(H,19,22)(H,20,24);1H,(H,2,3)/t15-,16+;/m0./s1. The van der Waals surface area contributed by atoms with Crippen LogP contribution in [0.25, 0.3) is 0 Å². The van der Waals surface area contributed by atoms with Gasteiger partial charge in [0.15, 0.2) is 0 Å². The van der Waals surface area contributed by atoms with E-state index in [9.17, 15) is 19.5 Å². The largest absolute Gasteiger partial charge is 0.483 e. The lowest BCUT2D eigenvalue weighted by Gasteiger charge is -2.53. The number of ether oxygens (including phenoxy) is 1. The number of hydrogen-bond donors (Lipinski definition) is 5. The molecular weight excluding hydrogens is 384 g/mol. The van der Waals surface area contributed by atoms with Gasteiger partial charge in [-0.1, -0.05) is 0 Å². The highest BCUT2D eigenvalue weighted by Crippen LogP contribution is 2.39. The van der Waals surface area contributed by atoms with Gasteiger partial charge in [-0.2, -0.15) is 0 Å². The zero-order chi connectivity index (χ0) is 22.1. The molecule has 0 unspecified atom stereocenters. The third kappa shape index (κ3) is 7.26. The topological polar surface area (TPSA) is 171 Å². The van der Waals surface area contributed by atoms with Crippen molar-refractivity contribution in [3.05, 3.63) is 0 Å². The Balaban J connectivity index is 0.00000132. The van der Waals surface area contributed by atoms with Crippen molar-refractivity contribution in [3.8, 4) is 0 Å². The van der Waals surface area contributed by atoms with Gasteiger partial charge >= 0.3 is 0 Å². The fraction of sp³-hybridized carbons (Fsp3) is 0.778. The Morgan fingerprint density at radius 1 is 1.28 bits per heavy atom. The predicted octanol–water partition coefficient (Wildman–Crippen LogP) is -1.81. The molecule has 2 heterocycles. The molecule has 1 spiro atoms. The number of carboxylic acid groups (broad SMARTS) is 1. The van der Waals surface area contributed by atoms with Crippen molar-refractivity contribution < 1.29 is 34.1 Å². The Labute approximate surface area is 169 Å². The summed E-state index contributed by atoms with van der Waals surface area (Å²) in [6.45, 7) is 5.08. The second-order valence-corrected chi connectivity index (χ2v) is 7.61. The first-order chi connectivity index (χ1) is 13.6. The Morgan fingerprint density at radius 2 is 1.86 bits per heavy atom. The lowest BCUT2D eigenvalue weighted by atomic mass is 9.73. The monoisotopic (exact) mass is 416 g/mol. The Kier molecular flexibility index (Phi) is 9.47. The van der Waals surface area contributed by atoms with Crippen LogP contribution < -0.4 is 16.4 Å². The maximum absolute atomic E-state index is 12.2. The van der Waals surface area contributed by atoms with Gasteiger partial charge in [-0.25, -0.2) is 0 Å². The molecule has 2 fully saturated rings. The summed E-state index contributed by atoms with van der Waals surface area (Å²) in [5.41, 5.74) is 3.72. The molecule has 0 bridgehead atoms. The number of rotatable bonds is 6. The zero-order valence-corrected chi connectivity index (χ0v) is 17.0. The van der Waals surface area contributed by atoms with Crippen molar-refractivity contribution in [2.75, 3.05) is 32.8 Å². The highest BCUT2D eigenvalue weighted by Gasteiger charge is 2.53. The highest BCUT2D eigenvalue weighted by molar-refractivity contribution is 5.78. The summed E-state index contributed by atoms with van der Waals surface area (Å²) in [4.78, 5) is 44.5. The molecule has 6 N–H and O–H groups in total. The molecule has 0 radical (unpaired) electrons. The molecule has 166 valence electrons. The van der Waals surface area contributed by atoms with Gasteiger partial charge in [-0.3, -0.25) is 24.1 Å². The summed E-state index contributed by atoms with van der Waals surface area (Å²) in [7, 11) is 0. The van der Waals surface area contributed by atoms with E-state index >= 15 is 0 Å². The maximum atomic E-state index is 12.2. The van der Waals surface area contributed by atoms with Crippen LogP contribution in [0, 0.1) is 0 Å². The van der Waals surface area contributed by atoms with Crippen LogP contribution in [0.2, 0.25) is 0 Å². The fourth-order valence-electron chi connectivity index (χ4n) is 3.85. The molecule has 2 aliphatic rings. The number of hydrogen-bond acceptors (Lipinski definition) is 7. The number of nitrogens with one attached hydrogen (secondary N) is 2. The van der Waals surface area contributed by atoms with E-state index in [2.05, 4.69) is 10.6 Å². The summed E-state index contributed by atoms with van der Waals surface area (Å²) in [5.74, 6) is -0.775. The maximum Gasteiger partial charge on any atom is 0.290 e. The number of primary amides is 1. The minimum absolute atomic E-state index is 0.155. The highest BCUT2D eigenvalue weighted by atomic mass is 16.5. The molecular formula is C18H32N4O7. The average molecular weight is 416 g/mol. The summed E-state index contributed by atoms with van der Waals surface area (Å²) >= 11 is 0. The molecule has 2 atom stereocenters. The Hall–Kier alpha value is -2.24. The number of nitrogens with zero attached hydrogens (tertiary/aromatic N) is 1.